The SMILES string of the molecule is NC(CN1CC(=O)N(Cc2ccccc2)CC1=O)(C(=O)O)C(=C=O)c1c[nH]c2ccccc12. The van der Waals surface area contributed by atoms with E-state index in [2.05, 4.69) is 4.98 Å². The summed E-state index contributed by atoms with van der Waals surface area (Å²) in [5, 5.41) is 10.6. The van der Waals surface area contributed by atoms with Gasteiger partial charge in [-0.05, 0) is 11.6 Å². The molecule has 9 nitrogen and oxygen atoms in total. The number of amides is 2. The second kappa shape index (κ2) is 8.74. The predicted molar refractivity (Wildman–Crippen MR) is 120 cm³/mol. The van der Waals surface area contributed by atoms with Gasteiger partial charge >= 0.3 is 5.97 Å². The van der Waals surface area contributed by atoms with Crippen molar-refractivity contribution in [3.05, 3.63) is 71.9 Å². The van der Waals surface area contributed by atoms with Crippen LogP contribution in [-0.2, 0) is 25.7 Å². The van der Waals surface area contributed by atoms with E-state index in [-0.39, 0.29) is 36.7 Å². The lowest BCUT2D eigenvalue weighted by atomic mass is 9.85. The molecule has 1 fully saturated rings. The van der Waals surface area contributed by atoms with Crippen molar-refractivity contribution in [1.82, 2.24) is 14.8 Å². The van der Waals surface area contributed by atoms with E-state index >= 15 is 0 Å². The number of piperazine rings is 1. The zero-order valence-corrected chi connectivity index (χ0v) is 17.7. The number of carbonyl (C=O) groups excluding carboxylic acids is 3. The van der Waals surface area contributed by atoms with Crippen LogP contribution in [0.4, 0.5) is 0 Å². The van der Waals surface area contributed by atoms with E-state index in [4.69, 9.17) is 5.73 Å². The van der Waals surface area contributed by atoms with Crippen LogP contribution in [0.3, 0.4) is 0 Å². The third kappa shape index (κ3) is 4.15. The van der Waals surface area contributed by atoms with E-state index in [1.807, 2.05) is 30.3 Å². The minimum absolute atomic E-state index is 0.212. The summed E-state index contributed by atoms with van der Waals surface area (Å²) in [5.41, 5.74) is 5.52. The summed E-state index contributed by atoms with van der Waals surface area (Å²) in [5.74, 6) is -0.610. The lowest BCUT2D eigenvalue weighted by Gasteiger charge is -2.38. The Kier molecular flexibility index (Phi) is 5.83. The van der Waals surface area contributed by atoms with Crippen molar-refractivity contribution in [3.63, 3.8) is 0 Å². The molecule has 0 saturated carbocycles. The molecule has 9 heteroatoms. The Balaban J connectivity index is 1.59. The number of fused-ring (bicyclic) bond motifs is 1. The molecule has 1 aromatic heterocycles. The average Bonchev–Trinajstić information content (AvgIpc) is 3.22. The predicted octanol–water partition coefficient (Wildman–Crippen LogP) is 1.04. The molecule has 2 amide bonds. The van der Waals surface area contributed by atoms with E-state index in [1.54, 1.807) is 30.2 Å². The average molecular weight is 446 g/mol. The molecule has 4 rings (SSSR count). The highest BCUT2D eigenvalue weighted by Crippen LogP contribution is 2.31. The first-order valence-corrected chi connectivity index (χ1v) is 10.3. The number of nitrogens with one attached hydrogen (secondary N) is 1. The zero-order valence-electron chi connectivity index (χ0n) is 17.7. The first kappa shape index (κ1) is 22.0. The van der Waals surface area contributed by atoms with Crippen molar-refractivity contribution >= 4 is 40.2 Å². The molecular weight excluding hydrogens is 424 g/mol. The van der Waals surface area contributed by atoms with Gasteiger partial charge in [0.05, 0.1) is 18.7 Å². The van der Waals surface area contributed by atoms with Crippen LogP contribution in [-0.4, -0.2) is 68.8 Å². The van der Waals surface area contributed by atoms with Crippen molar-refractivity contribution in [2.45, 2.75) is 12.1 Å². The maximum atomic E-state index is 12.8. The first-order chi connectivity index (χ1) is 15.8. The fourth-order valence-corrected chi connectivity index (χ4v) is 4.01. The smallest absolute Gasteiger partial charge is 0.331 e. The Morgan fingerprint density at radius 1 is 1.03 bits per heavy atom. The number of hydrogen-bond acceptors (Lipinski definition) is 5. The van der Waals surface area contributed by atoms with Gasteiger partial charge in [0.2, 0.25) is 11.8 Å². The summed E-state index contributed by atoms with van der Waals surface area (Å²) in [6.45, 7) is -0.828. The monoisotopic (exact) mass is 446 g/mol. The number of carboxylic acid groups (broad SMARTS) is 1. The van der Waals surface area contributed by atoms with Gasteiger partial charge in [-0.3, -0.25) is 9.59 Å². The van der Waals surface area contributed by atoms with E-state index in [0.29, 0.717) is 10.9 Å². The molecule has 3 aromatic rings. The summed E-state index contributed by atoms with van der Waals surface area (Å²) >= 11 is 0. The molecule has 1 aliphatic heterocycles. The van der Waals surface area contributed by atoms with Crippen LogP contribution in [0.25, 0.3) is 16.5 Å². The van der Waals surface area contributed by atoms with E-state index < -0.39 is 24.0 Å². The Morgan fingerprint density at radius 3 is 2.36 bits per heavy atom. The van der Waals surface area contributed by atoms with Gasteiger partial charge in [-0.1, -0.05) is 48.5 Å². The molecule has 1 saturated heterocycles. The summed E-state index contributed by atoms with van der Waals surface area (Å²) in [6, 6.07) is 16.3. The molecule has 0 aliphatic carbocycles. The van der Waals surface area contributed by atoms with Crippen molar-refractivity contribution in [2.24, 2.45) is 5.73 Å². The highest BCUT2D eigenvalue weighted by molar-refractivity contribution is 6.11. The third-order valence-corrected chi connectivity index (χ3v) is 5.80. The Morgan fingerprint density at radius 2 is 1.67 bits per heavy atom. The highest BCUT2D eigenvalue weighted by atomic mass is 16.4. The van der Waals surface area contributed by atoms with Crippen LogP contribution >= 0.6 is 0 Å². The van der Waals surface area contributed by atoms with E-state index in [1.165, 1.54) is 11.1 Å². The van der Waals surface area contributed by atoms with Gasteiger partial charge in [-0.15, -0.1) is 0 Å². The lowest BCUT2D eigenvalue weighted by molar-refractivity contribution is -0.153. The zero-order chi connectivity index (χ0) is 23.6. The van der Waals surface area contributed by atoms with Crippen LogP contribution < -0.4 is 5.73 Å². The number of hydrogen-bond donors (Lipinski definition) is 3. The number of carboxylic acids is 1. The largest absolute Gasteiger partial charge is 0.480 e. The minimum atomic E-state index is -2.26. The number of rotatable bonds is 7. The number of aromatic nitrogens is 1. The number of aliphatic carboxylic acids is 1. The van der Waals surface area contributed by atoms with Crippen molar-refractivity contribution in [1.29, 1.82) is 0 Å². The van der Waals surface area contributed by atoms with Gasteiger partial charge < -0.3 is 25.6 Å². The number of nitrogens with two attached hydrogens (primary N) is 1. The fraction of sp³-hybridized carbons (Fsp3) is 0.208. The maximum Gasteiger partial charge on any atom is 0.331 e. The van der Waals surface area contributed by atoms with Crippen LogP contribution in [0, 0.1) is 0 Å². The Labute approximate surface area is 189 Å². The van der Waals surface area contributed by atoms with Gasteiger partial charge in [0, 0.05) is 29.2 Å². The molecule has 1 unspecified atom stereocenters. The Hall–Kier alpha value is -4.20. The number of nitrogens with zero attached hydrogens (tertiary/aromatic N) is 2. The summed E-state index contributed by atoms with van der Waals surface area (Å²) in [6.07, 6.45) is 1.49. The normalized spacial score (nSPS) is 15.9. The second-order valence-electron chi connectivity index (χ2n) is 7.99. The molecule has 168 valence electrons. The van der Waals surface area contributed by atoms with Gasteiger partial charge in [0.15, 0.2) is 5.54 Å². The molecule has 0 bridgehead atoms. The topological polar surface area (TPSA) is 137 Å². The van der Waals surface area contributed by atoms with Crippen LogP contribution in [0.1, 0.15) is 11.1 Å². The molecule has 0 radical (unpaired) electrons. The van der Waals surface area contributed by atoms with Gasteiger partial charge in [0.25, 0.3) is 0 Å². The molecule has 4 N–H and O–H groups in total. The van der Waals surface area contributed by atoms with Gasteiger partial charge in [-0.25, -0.2) is 9.59 Å². The van der Waals surface area contributed by atoms with Gasteiger partial charge in [0.1, 0.15) is 12.5 Å². The van der Waals surface area contributed by atoms with Crippen LogP contribution in [0.15, 0.2) is 60.8 Å². The van der Waals surface area contributed by atoms with Gasteiger partial charge in [-0.2, -0.15) is 0 Å². The third-order valence-electron chi connectivity index (χ3n) is 5.80. The fourth-order valence-electron chi connectivity index (χ4n) is 4.01. The first-order valence-electron chi connectivity index (χ1n) is 10.3. The molecule has 0 spiro atoms. The lowest BCUT2D eigenvalue weighted by Crippen LogP contribution is -2.62. The summed E-state index contributed by atoms with van der Waals surface area (Å²) in [4.78, 5) is 55.2. The second-order valence-corrected chi connectivity index (χ2v) is 7.99. The van der Waals surface area contributed by atoms with Crippen LogP contribution in [0.5, 0.6) is 0 Å². The van der Waals surface area contributed by atoms with Crippen molar-refractivity contribution in [3.8, 4) is 0 Å². The van der Waals surface area contributed by atoms with Crippen LogP contribution in [0.2, 0.25) is 0 Å². The Bertz CT molecular complexity index is 1280. The molecular formula is C24H22N4O5. The maximum absolute atomic E-state index is 12.8. The standard InChI is InChI=1S/C24H22N4O5/c25-24(23(32)33,19(14-29)18-10-26-20-9-5-4-8-17(18)20)15-28-13-21(30)27(12-22(28)31)11-16-6-2-1-3-7-16/h1-10,26H,11-13,15,25H2,(H,32,33). The minimum Gasteiger partial charge on any atom is -0.480 e. The molecule has 33 heavy (non-hydrogen) atoms. The highest BCUT2D eigenvalue weighted by Gasteiger charge is 2.45. The summed E-state index contributed by atoms with van der Waals surface area (Å²) < 4.78 is 0. The quantitative estimate of drug-likeness (QED) is 0.464. The number of H-pyrrole nitrogens is 1. The molecule has 1 aliphatic rings. The van der Waals surface area contributed by atoms with E-state index in [9.17, 15) is 24.3 Å². The molecule has 1 atom stereocenters. The number of benzene rings is 2. The molecule has 2 heterocycles. The van der Waals surface area contributed by atoms with Crippen molar-refractivity contribution in [2.75, 3.05) is 19.6 Å². The molecule has 2 aromatic carbocycles. The number of carbonyl (C=O) groups is 3. The van der Waals surface area contributed by atoms with E-state index in [0.717, 1.165) is 10.5 Å². The summed E-state index contributed by atoms with van der Waals surface area (Å²) in [7, 11) is 0. The number of para-hydroxylation sites is 1. The van der Waals surface area contributed by atoms with Crippen molar-refractivity contribution < 1.29 is 24.3 Å². The number of aromatic amines is 1.